The largest absolute Gasteiger partial charge is 0.365 e. The molecule has 0 spiro atoms. The molecule has 3 aromatic rings. The summed E-state index contributed by atoms with van der Waals surface area (Å²) in [6, 6.07) is 2.75. The number of rotatable bonds is 9. The number of hydrogen-bond donors (Lipinski definition) is 4. The zero-order chi connectivity index (χ0) is 23.6. The van der Waals surface area contributed by atoms with Gasteiger partial charge in [0.1, 0.15) is 5.82 Å². The van der Waals surface area contributed by atoms with Gasteiger partial charge in [-0.05, 0) is 24.5 Å². The Hall–Kier alpha value is -3.47. The molecule has 1 atom stereocenters. The number of fused-ring (bicyclic) bond motifs is 1. The van der Waals surface area contributed by atoms with Gasteiger partial charge < -0.3 is 27.0 Å². The Morgan fingerprint density at radius 1 is 1.28 bits per heavy atom. The molecule has 11 heteroatoms. The van der Waals surface area contributed by atoms with Gasteiger partial charge in [-0.3, -0.25) is 4.79 Å². The molecule has 32 heavy (non-hydrogen) atoms. The summed E-state index contributed by atoms with van der Waals surface area (Å²) in [5.74, 6) is -0.252. The second-order valence-electron chi connectivity index (χ2n) is 8.35. The Kier molecular flexibility index (Phi) is 6.78. The molecule has 3 aromatic heterocycles. The number of carbonyl (C=O) groups excluding carboxylic acids is 1. The number of nitrogens with two attached hydrogens (primary N) is 2. The predicted molar refractivity (Wildman–Crippen MR) is 125 cm³/mol. The number of nitrogens with zero attached hydrogens (tertiary/aromatic N) is 5. The monoisotopic (exact) mass is 443 g/mol. The average molecular weight is 444 g/mol. The predicted octanol–water partition coefficient (Wildman–Crippen LogP) is 2.20. The maximum Gasteiger partial charge on any atom is 0.252 e. The van der Waals surface area contributed by atoms with Crippen molar-refractivity contribution >= 4 is 40.1 Å². The van der Waals surface area contributed by atoms with E-state index >= 15 is 0 Å². The highest BCUT2D eigenvalue weighted by molar-refractivity contribution is 5.99. The molecule has 0 aliphatic carbocycles. The maximum atomic E-state index is 14.7. The second-order valence-corrected chi connectivity index (χ2v) is 8.35. The molecular formula is C21H30FN9O. The number of aromatic nitrogens is 4. The van der Waals surface area contributed by atoms with Crippen molar-refractivity contribution in [3.8, 4) is 0 Å². The van der Waals surface area contributed by atoms with E-state index in [1.165, 1.54) is 0 Å². The van der Waals surface area contributed by atoms with E-state index in [0.29, 0.717) is 23.8 Å². The first-order valence-electron chi connectivity index (χ1n) is 10.3. The van der Waals surface area contributed by atoms with Gasteiger partial charge in [0.05, 0.1) is 22.8 Å². The van der Waals surface area contributed by atoms with Crippen LogP contribution in [-0.4, -0.2) is 52.3 Å². The van der Waals surface area contributed by atoms with Crippen LogP contribution in [0.4, 0.5) is 27.5 Å². The van der Waals surface area contributed by atoms with Gasteiger partial charge in [0, 0.05) is 33.7 Å². The van der Waals surface area contributed by atoms with E-state index in [1.54, 1.807) is 10.9 Å². The minimum absolute atomic E-state index is 0.00186. The zero-order valence-electron chi connectivity index (χ0n) is 19.0. The number of nitrogens with one attached hydrogen (secondary N) is 2. The van der Waals surface area contributed by atoms with Gasteiger partial charge >= 0.3 is 0 Å². The van der Waals surface area contributed by atoms with Gasteiger partial charge in [0.25, 0.3) is 5.91 Å². The number of aryl methyl sites for hydroxylation is 1. The Balaban J connectivity index is 2.00. The Bertz CT molecular complexity index is 1130. The standard InChI is InChI=1S/C21H30FN9O/c1-11(2)6-12(9-23)26-19-16(22)8-14(17(24)32)18(28-19)27-13-7-15-20(25-10-13)31(5)29-21(15)30(3)4/h7-8,10-12H,6,9,23H2,1-5H3,(H2,24,32)(H2,26,27,28)/t12-/m1/s1. The minimum Gasteiger partial charge on any atom is -0.365 e. The molecule has 1 amide bonds. The van der Waals surface area contributed by atoms with Crippen LogP contribution in [0.3, 0.4) is 0 Å². The summed E-state index contributed by atoms with van der Waals surface area (Å²) in [6.45, 7) is 4.43. The molecular weight excluding hydrogens is 413 g/mol. The van der Waals surface area contributed by atoms with Crippen molar-refractivity contribution < 1.29 is 9.18 Å². The molecule has 3 heterocycles. The lowest BCUT2D eigenvalue weighted by atomic mass is 10.0. The summed E-state index contributed by atoms with van der Waals surface area (Å²) in [7, 11) is 5.58. The molecule has 10 nitrogen and oxygen atoms in total. The summed E-state index contributed by atoms with van der Waals surface area (Å²) in [6.07, 6.45) is 2.33. The molecule has 0 radical (unpaired) electrons. The van der Waals surface area contributed by atoms with Gasteiger partial charge in [-0.1, -0.05) is 13.8 Å². The number of primary amides is 1. The lowest BCUT2D eigenvalue weighted by molar-refractivity contribution is 0.100. The van der Waals surface area contributed by atoms with Crippen LogP contribution in [0, 0.1) is 11.7 Å². The van der Waals surface area contributed by atoms with E-state index in [-0.39, 0.29) is 23.2 Å². The normalized spacial score (nSPS) is 12.2. The summed E-state index contributed by atoms with van der Waals surface area (Å²) in [4.78, 5) is 22.6. The number of pyridine rings is 2. The number of halogens is 1. The Morgan fingerprint density at radius 2 is 2.00 bits per heavy atom. The third kappa shape index (κ3) is 4.88. The number of amides is 1. The van der Waals surface area contributed by atoms with Crippen LogP contribution in [0.15, 0.2) is 18.3 Å². The van der Waals surface area contributed by atoms with Gasteiger partial charge in [-0.2, -0.15) is 5.10 Å². The van der Waals surface area contributed by atoms with E-state index in [2.05, 4.69) is 39.5 Å². The molecule has 0 saturated carbocycles. The Labute approximate surface area is 186 Å². The second kappa shape index (κ2) is 9.35. The molecule has 3 rings (SSSR count). The van der Waals surface area contributed by atoms with E-state index in [0.717, 1.165) is 23.7 Å². The number of carbonyl (C=O) groups is 1. The highest BCUT2D eigenvalue weighted by Crippen LogP contribution is 2.29. The van der Waals surface area contributed by atoms with Crippen LogP contribution in [0.1, 0.15) is 30.6 Å². The first-order valence-corrected chi connectivity index (χ1v) is 10.3. The zero-order valence-corrected chi connectivity index (χ0v) is 19.0. The van der Waals surface area contributed by atoms with Crippen molar-refractivity contribution in [2.75, 3.05) is 36.2 Å². The first kappa shape index (κ1) is 23.2. The number of hydrogen-bond acceptors (Lipinski definition) is 8. The maximum absolute atomic E-state index is 14.7. The fraction of sp³-hybridized carbons (Fsp3) is 0.429. The van der Waals surface area contributed by atoms with Crippen molar-refractivity contribution in [3.05, 3.63) is 29.7 Å². The molecule has 0 fully saturated rings. The smallest absolute Gasteiger partial charge is 0.252 e. The highest BCUT2D eigenvalue weighted by atomic mass is 19.1. The Morgan fingerprint density at radius 3 is 2.59 bits per heavy atom. The summed E-state index contributed by atoms with van der Waals surface area (Å²) in [5.41, 5.74) is 12.5. The van der Waals surface area contributed by atoms with Crippen LogP contribution in [0.5, 0.6) is 0 Å². The van der Waals surface area contributed by atoms with E-state index in [9.17, 15) is 9.18 Å². The fourth-order valence-electron chi connectivity index (χ4n) is 3.51. The summed E-state index contributed by atoms with van der Waals surface area (Å²) >= 11 is 0. The van der Waals surface area contributed by atoms with Crippen LogP contribution in [0.2, 0.25) is 0 Å². The lowest BCUT2D eigenvalue weighted by Gasteiger charge is -2.21. The highest BCUT2D eigenvalue weighted by Gasteiger charge is 2.19. The average Bonchev–Trinajstić information content (AvgIpc) is 3.05. The third-order valence-electron chi connectivity index (χ3n) is 4.97. The van der Waals surface area contributed by atoms with Gasteiger partial charge in [0.15, 0.2) is 23.1 Å². The molecule has 0 saturated heterocycles. The topological polar surface area (TPSA) is 140 Å². The van der Waals surface area contributed by atoms with E-state index in [4.69, 9.17) is 11.5 Å². The quantitative estimate of drug-likeness (QED) is 0.395. The summed E-state index contributed by atoms with van der Waals surface area (Å²) < 4.78 is 16.4. The van der Waals surface area contributed by atoms with Gasteiger partial charge in [0.2, 0.25) is 0 Å². The molecule has 0 unspecified atom stereocenters. The summed E-state index contributed by atoms with van der Waals surface area (Å²) in [5, 5.41) is 11.4. The molecule has 0 aliphatic rings. The SMILES string of the molecule is CC(C)C[C@H](CN)Nc1nc(Nc2cnc3c(c2)c(N(C)C)nn3C)c(C(N)=O)cc1F. The minimum atomic E-state index is -0.799. The fourth-order valence-corrected chi connectivity index (χ4v) is 3.51. The first-order chi connectivity index (χ1) is 15.1. The molecule has 0 aliphatic heterocycles. The van der Waals surface area contributed by atoms with Crippen molar-refractivity contribution in [3.63, 3.8) is 0 Å². The molecule has 6 N–H and O–H groups in total. The number of anilines is 4. The van der Waals surface area contributed by atoms with Crippen molar-refractivity contribution in [1.29, 1.82) is 0 Å². The van der Waals surface area contributed by atoms with E-state index < -0.39 is 11.7 Å². The lowest BCUT2D eigenvalue weighted by Crippen LogP contribution is -2.31. The van der Waals surface area contributed by atoms with Crippen molar-refractivity contribution in [1.82, 2.24) is 19.7 Å². The van der Waals surface area contributed by atoms with Crippen LogP contribution < -0.4 is 27.0 Å². The van der Waals surface area contributed by atoms with Gasteiger partial charge in [-0.25, -0.2) is 19.0 Å². The molecule has 0 aromatic carbocycles. The van der Waals surface area contributed by atoms with Crippen molar-refractivity contribution in [2.45, 2.75) is 26.3 Å². The van der Waals surface area contributed by atoms with Crippen molar-refractivity contribution in [2.24, 2.45) is 24.4 Å². The van der Waals surface area contributed by atoms with Gasteiger partial charge in [-0.15, -0.1) is 0 Å². The third-order valence-corrected chi connectivity index (χ3v) is 4.97. The molecule has 172 valence electrons. The molecule has 0 bridgehead atoms. The van der Waals surface area contributed by atoms with Crippen LogP contribution in [-0.2, 0) is 7.05 Å². The van der Waals surface area contributed by atoms with Crippen LogP contribution >= 0.6 is 0 Å². The van der Waals surface area contributed by atoms with Crippen LogP contribution in [0.25, 0.3) is 11.0 Å². The van der Waals surface area contributed by atoms with E-state index in [1.807, 2.05) is 32.1 Å².